The number of amides is 1. The molecular weight excluding hydrogens is 190 g/mol. The summed E-state index contributed by atoms with van der Waals surface area (Å²) in [7, 11) is 0. The molecule has 0 unspecified atom stereocenters. The summed E-state index contributed by atoms with van der Waals surface area (Å²) in [5.74, 6) is 1.68. The van der Waals surface area contributed by atoms with Crippen LogP contribution in [0.1, 0.15) is 33.6 Å². The molecule has 2 aliphatic rings. The molecule has 2 fully saturated rings. The van der Waals surface area contributed by atoms with Gasteiger partial charge in [-0.05, 0) is 24.7 Å². The Kier molecular flexibility index (Phi) is 2.75. The number of ether oxygens (including phenoxy) is 1. The molecule has 0 radical (unpaired) electrons. The molecule has 3 heteroatoms. The van der Waals surface area contributed by atoms with Gasteiger partial charge in [-0.1, -0.05) is 13.8 Å². The fraction of sp³-hybridized carbons (Fsp3) is 0.917. The first-order chi connectivity index (χ1) is 7.02. The highest BCUT2D eigenvalue weighted by molar-refractivity contribution is 5.74. The fourth-order valence-electron chi connectivity index (χ4n) is 2.73. The minimum Gasteiger partial charge on any atom is -0.371 e. The molecule has 2 rings (SSSR count). The summed E-state index contributed by atoms with van der Waals surface area (Å²) in [5.41, 5.74) is 0.0128. The third-order valence-corrected chi connectivity index (χ3v) is 3.88. The molecule has 0 saturated carbocycles. The smallest absolute Gasteiger partial charge is 0.219 e. The van der Waals surface area contributed by atoms with Crippen LogP contribution in [0.4, 0.5) is 0 Å². The van der Waals surface area contributed by atoms with E-state index in [2.05, 4.69) is 13.8 Å². The van der Waals surface area contributed by atoms with Crippen LogP contribution in [0, 0.1) is 11.8 Å². The highest BCUT2D eigenvalue weighted by Crippen LogP contribution is 2.39. The molecule has 0 aromatic carbocycles. The van der Waals surface area contributed by atoms with Gasteiger partial charge < -0.3 is 9.64 Å². The van der Waals surface area contributed by atoms with Gasteiger partial charge in [-0.2, -0.15) is 0 Å². The molecule has 2 aliphatic heterocycles. The van der Waals surface area contributed by atoms with Gasteiger partial charge in [0.1, 0.15) is 5.60 Å². The van der Waals surface area contributed by atoms with Crippen molar-refractivity contribution < 1.29 is 9.53 Å². The van der Waals surface area contributed by atoms with Gasteiger partial charge in [0.25, 0.3) is 0 Å². The van der Waals surface area contributed by atoms with E-state index < -0.39 is 0 Å². The van der Waals surface area contributed by atoms with Crippen molar-refractivity contribution in [2.45, 2.75) is 39.2 Å². The van der Waals surface area contributed by atoms with Crippen molar-refractivity contribution in [2.75, 3.05) is 19.7 Å². The summed E-state index contributed by atoms with van der Waals surface area (Å²) >= 11 is 0. The summed E-state index contributed by atoms with van der Waals surface area (Å²) in [5, 5.41) is 0. The van der Waals surface area contributed by atoms with Crippen LogP contribution in [-0.4, -0.2) is 36.1 Å². The summed E-state index contributed by atoms with van der Waals surface area (Å²) in [6, 6.07) is 0. The third-order valence-electron chi connectivity index (χ3n) is 3.88. The minimum absolute atomic E-state index is 0.0128. The van der Waals surface area contributed by atoms with E-state index >= 15 is 0 Å². The van der Waals surface area contributed by atoms with Crippen LogP contribution in [-0.2, 0) is 9.53 Å². The normalized spacial score (nSPS) is 29.3. The van der Waals surface area contributed by atoms with E-state index in [1.807, 2.05) is 4.90 Å². The van der Waals surface area contributed by atoms with Gasteiger partial charge in [-0.15, -0.1) is 0 Å². The summed E-state index contributed by atoms with van der Waals surface area (Å²) in [6.45, 7) is 8.69. The van der Waals surface area contributed by atoms with Crippen LogP contribution in [0.25, 0.3) is 0 Å². The van der Waals surface area contributed by atoms with Crippen molar-refractivity contribution in [3.8, 4) is 0 Å². The van der Waals surface area contributed by atoms with Crippen molar-refractivity contribution in [1.29, 1.82) is 0 Å². The van der Waals surface area contributed by atoms with Gasteiger partial charge in [0.15, 0.2) is 0 Å². The number of likely N-dealkylation sites (tertiary alicyclic amines) is 1. The topological polar surface area (TPSA) is 29.5 Å². The second-order valence-electron chi connectivity index (χ2n) is 5.40. The quantitative estimate of drug-likeness (QED) is 0.660. The van der Waals surface area contributed by atoms with Gasteiger partial charge in [0.2, 0.25) is 5.91 Å². The van der Waals surface area contributed by atoms with Crippen LogP contribution < -0.4 is 0 Å². The van der Waals surface area contributed by atoms with Crippen LogP contribution in [0.3, 0.4) is 0 Å². The molecule has 1 amide bonds. The lowest BCUT2D eigenvalue weighted by atomic mass is 9.76. The maximum atomic E-state index is 11.1. The van der Waals surface area contributed by atoms with E-state index in [0.717, 1.165) is 38.0 Å². The van der Waals surface area contributed by atoms with E-state index in [0.29, 0.717) is 0 Å². The Bertz CT molecular complexity index is 256. The van der Waals surface area contributed by atoms with Gasteiger partial charge in [0, 0.05) is 13.5 Å². The zero-order valence-corrected chi connectivity index (χ0v) is 9.95. The van der Waals surface area contributed by atoms with Crippen LogP contribution in [0.15, 0.2) is 0 Å². The lowest BCUT2D eigenvalue weighted by Gasteiger charge is -2.53. The molecule has 0 bridgehead atoms. The standard InChI is InChI=1S/C12H21NO2/c1-9(2)11-4-5-15-12(6-11)7-13(8-12)10(3)14/h9,11H,4-8H2,1-3H3/t11-/m1/s1. The summed E-state index contributed by atoms with van der Waals surface area (Å²) in [6.07, 6.45) is 2.31. The second kappa shape index (κ2) is 3.78. The maximum absolute atomic E-state index is 11.1. The molecular formula is C12H21NO2. The summed E-state index contributed by atoms with van der Waals surface area (Å²) in [4.78, 5) is 13.0. The third kappa shape index (κ3) is 2.03. The van der Waals surface area contributed by atoms with E-state index in [-0.39, 0.29) is 11.5 Å². The Hall–Kier alpha value is -0.570. The Morgan fingerprint density at radius 1 is 1.47 bits per heavy atom. The van der Waals surface area contributed by atoms with Gasteiger partial charge >= 0.3 is 0 Å². The van der Waals surface area contributed by atoms with Gasteiger partial charge in [-0.25, -0.2) is 0 Å². The predicted molar refractivity (Wildman–Crippen MR) is 58.5 cm³/mol. The van der Waals surface area contributed by atoms with Crippen molar-refractivity contribution in [2.24, 2.45) is 11.8 Å². The van der Waals surface area contributed by atoms with Crippen molar-refractivity contribution in [3.63, 3.8) is 0 Å². The lowest BCUT2D eigenvalue weighted by Crippen LogP contribution is -2.66. The molecule has 1 atom stereocenters. The first kappa shape index (κ1) is 10.9. The van der Waals surface area contributed by atoms with Crippen LogP contribution >= 0.6 is 0 Å². The first-order valence-corrected chi connectivity index (χ1v) is 5.92. The fourth-order valence-corrected chi connectivity index (χ4v) is 2.73. The van der Waals surface area contributed by atoms with E-state index in [4.69, 9.17) is 4.74 Å². The Morgan fingerprint density at radius 3 is 2.67 bits per heavy atom. The lowest BCUT2D eigenvalue weighted by molar-refractivity contribution is -0.189. The predicted octanol–water partition coefficient (Wildman–Crippen LogP) is 1.67. The maximum Gasteiger partial charge on any atom is 0.219 e. The van der Waals surface area contributed by atoms with Crippen LogP contribution in [0.2, 0.25) is 0 Å². The zero-order valence-electron chi connectivity index (χ0n) is 9.95. The zero-order chi connectivity index (χ0) is 11.1. The monoisotopic (exact) mass is 211 g/mol. The Labute approximate surface area is 91.8 Å². The number of rotatable bonds is 1. The number of hydrogen-bond donors (Lipinski definition) is 0. The van der Waals surface area contributed by atoms with E-state index in [9.17, 15) is 4.79 Å². The Morgan fingerprint density at radius 2 is 2.13 bits per heavy atom. The Balaban J connectivity index is 1.92. The molecule has 2 heterocycles. The molecule has 0 aromatic heterocycles. The van der Waals surface area contributed by atoms with Gasteiger partial charge in [-0.3, -0.25) is 4.79 Å². The molecule has 2 saturated heterocycles. The van der Waals surface area contributed by atoms with Crippen molar-refractivity contribution in [1.82, 2.24) is 4.90 Å². The number of hydrogen-bond acceptors (Lipinski definition) is 2. The SMILES string of the molecule is CC(=O)N1CC2(C[C@H](C(C)C)CCO2)C1. The molecule has 1 spiro atoms. The largest absolute Gasteiger partial charge is 0.371 e. The highest BCUT2D eigenvalue weighted by atomic mass is 16.5. The van der Waals surface area contributed by atoms with E-state index in [1.54, 1.807) is 6.92 Å². The molecule has 86 valence electrons. The number of carbonyl (C=O) groups is 1. The van der Waals surface area contributed by atoms with E-state index in [1.165, 1.54) is 6.42 Å². The molecule has 15 heavy (non-hydrogen) atoms. The molecule has 0 aliphatic carbocycles. The minimum atomic E-state index is 0.0128. The first-order valence-electron chi connectivity index (χ1n) is 5.92. The van der Waals surface area contributed by atoms with Crippen LogP contribution in [0.5, 0.6) is 0 Å². The number of carbonyl (C=O) groups excluding carboxylic acids is 1. The molecule has 0 N–H and O–H groups in total. The van der Waals surface area contributed by atoms with Gasteiger partial charge in [0.05, 0.1) is 13.1 Å². The highest BCUT2D eigenvalue weighted by Gasteiger charge is 2.48. The van der Waals surface area contributed by atoms with Crippen molar-refractivity contribution in [3.05, 3.63) is 0 Å². The van der Waals surface area contributed by atoms with Crippen molar-refractivity contribution >= 4 is 5.91 Å². The second-order valence-corrected chi connectivity index (χ2v) is 5.40. The summed E-state index contributed by atoms with van der Waals surface area (Å²) < 4.78 is 5.87. The molecule has 3 nitrogen and oxygen atoms in total. The average Bonchev–Trinajstić information content (AvgIpc) is 2.13. The molecule has 0 aromatic rings. The average molecular weight is 211 g/mol. The number of nitrogens with zero attached hydrogens (tertiary/aromatic N) is 1.